The molecule has 2 amide bonds. The van der Waals surface area contributed by atoms with Crippen LogP contribution in [0.3, 0.4) is 0 Å². The third-order valence-corrected chi connectivity index (χ3v) is 10.0. The molecule has 0 bridgehead atoms. The Kier molecular flexibility index (Phi) is 40.0. The summed E-state index contributed by atoms with van der Waals surface area (Å²) < 4.78 is 5.90. The smallest absolute Gasteiger partial charge is 0.328 e. The van der Waals surface area contributed by atoms with E-state index in [4.69, 9.17) is 14.9 Å². The lowest BCUT2D eigenvalue weighted by Gasteiger charge is -2.15. The summed E-state index contributed by atoms with van der Waals surface area (Å²) in [4.78, 5) is 47.5. The topological polar surface area (TPSA) is 142 Å². The fourth-order valence-corrected chi connectivity index (χ4v) is 6.45. The first-order chi connectivity index (χ1) is 27.8. The standard InChI is InChI=1S/C48H84N2O7/c1-3-5-7-9-11-12-13-14-15-16-17-18-19-20-21-22-23-24-25-26-28-30-36-40-47(54)57-43(37-33-29-27-10-8-6-4-2)38-34-31-32-35-39-45(52)49-41-46(53)50-44(42-51)48(55)56/h13-14,16-17,19-20,33,37,43-44,51H,3-12,15,18,21-32,34-36,38-42H2,1-2H3,(H,49,52)(H,50,53)(H,55,56)/b14-13-,17-16-,20-19-,37-33-. The number of unbranched alkanes of at least 4 members (excludes halogenated alkanes) is 21. The van der Waals surface area contributed by atoms with Gasteiger partial charge in [0.25, 0.3) is 0 Å². The van der Waals surface area contributed by atoms with E-state index in [0.717, 1.165) is 77.0 Å². The van der Waals surface area contributed by atoms with Crippen LogP contribution in [0.1, 0.15) is 206 Å². The monoisotopic (exact) mass is 801 g/mol. The molecule has 328 valence electrons. The number of aliphatic carboxylic acids is 1. The molecular weight excluding hydrogens is 717 g/mol. The molecule has 0 aromatic heterocycles. The van der Waals surface area contributed by atoms with E-state index in [0.29, 0.717) is 12.8 Å². The molecule has 0 aromatic carbocycles. The van der Waals surface area contributed by atoms with Gasteiger partial charge in [0.05, 0.1) is 13.2 Å². The van der Waals surface area contributed by atoms with Crippen molar-refractivity contribution in [3.8, 4) is 0 Å². The van der Waals surface area contributed by atoms with Crippen molar-refractivity contribution < 1.29 is 34.1 Å². The van der Waals surface area contributed by atoms with Gasteiger partial charge < -0.3 is 25.6 Å². The number of amides is 2. The number of allylic oxidation sites excluding steroid dienone is 7. The Balaban J connectivity index is 4.12. The number of hydrogen-bond donors (Lipinski definition) is 4. The fourth-order valence-electron chi connectivity index (χ4n) is 6.45. The van der Waals surface area contributed by atoms with Gasteiger partial charge in [0.2, 0.25) is 11.8 Å². The van der Waals surface area contributed by atoms with Crippen molar-refractivity contribution >= 4 is 23.8 Å². The fraction of sp³-hybridized carbons (Fsp3) is 0.750. The minimum absolute atomic E-state index is 0.120. The number of carboxylic acid groups (broad SMARTS) is 1. The molecule has 0 aromatic rings. The van der Waals surface area contributed by atoms with Gasteiger partial charge in [-0.3, -0.25) is 14.4 Å². The molecule has 9 nitrogen and oxygen atoms in total. The number of carbonyl (C=O) groups excluding carboxylic acids is 3. The van der Waals surface area contributed by atoms with Crippen molar-refractivity contribution in [1.82, 2.24) is 10.6 Å². The summed E-state index contributed by atoms with van der Waals surface area (Å²) in [5.74, 6) is -2.41. The third kappa shape index (κ3) is 39.4. The zero-order chi connectivity index (χ0) is 41.9. The number of nitrogens with one attached hydrogen (secondary N) is 2. The van der Waals surface area contributed by atoms with E-state index in [2.05, 4.69) is 73.1 Å². The Hall–Kier alpha value is -3.20. The van der Waals surface area contributed by atoms with E-state index in [1.165, 1.54) is 96.3 Å². The van der Waals surface area contributed by atoms with Crippen LogP contribution in [0.2, 0.25) is 0 Å². The summed E-state index contributed by atoms with van der Waals surface area (Å²) in [5.41, 5.74) is 0. The molecular formula is C48H84N2O7. The summed E-state index contributed by atoms with van der Waals surface area (Å²) in [6, 6.07) is -1.39. The van der Waals surface area contributed by atoms with Crippen molar-refractivity contribution in [2.24, 2.45) is 0 Å². The number of hydrogen-bond acceptors (Lipinski definition) is 6. The molecule has 0 heterocycles. The Morgan fingerprint density at radius 3 is 1.53 bits per heavy atom. The molecule has 0 aliphatic carbocycles. The summed E-state index contributed by atoms with van der Waals surface area (Å²) in [5, 5.41) is 22.5. The Morgan fingerprint density at radius 1 is 0.544 bits per heavy atom. The Morgan fingerprint density at radius 2 is 1.00 bits per heavy atom. The first kappa shape index (κ1) is 53.8. The van der Waals surface area contributed by atoms with Gasteiger partial charge >= 0.3 is 11.9 Å². The second kappa shape index (κ2) is 42.4. The minimum Gasteiger partial charge on any atom is -0.480 e. The summed E-state index contributed by atoms with van der Waals surface area (Å²) >= 11 is 0. The van der Waals surface area contributed by atoms with Crippen LogP contribution < -0.4 is 10.6 Å². The van der Waals surface area contributed by atoms with Crippen LogP contribution in [0.4, 0.5) is 0 Å². The van der Waals surface area contributed by atoms with Gasteiger partial charge in [-0.2, -0.15) is 0 Å². The van der Waals surface area contributed by atoms with Crippen LogP contribution >= 0.6 is 0 Å². The molecule has 0 aliphatic rings. The first-order valence-corrected chi connectivity index (χ1v) is 23.0. The van der Waals surface area contributed by atoms with Crippen LogP contribution in [-0.4, -0.2) is 59.3 Å². The number of rotatable bonds is 41. The average Bonchev–Trinajstić information content (AvgIpc) is 3.20. The minimum atomic E-state index is -1.39. The van der Waals surface area contributed by atoms with Gasteiger partial charge in [0.15, 0.2) is 0 Å². The summed E-state index contributed by atoms with van der Waals surface area (Å²) in [6.07, 6.45) is 50.2. The molecule has 57 heavy (non-hydrogen) atoms. The average molecular weight is 801 g/mol. The number of aliphatic hydroxyl groups excluding tert-OH is 1. The molecule has 0 saturated heterocycles. The molecule has 0 fully saturated rings. The molecule has 0 spiro atoms. The zero-order valence-electron chi connectivity index (χ0n) is 36.3. The lowest BCUT2D eigenvalue weighted by atomic mass is 10.1. The molecule has 0 rings (SSSR count). The molecule has 2 atom stereocenters. The Bertz CT molecular complexity index is 1100. The first-order valence-electron chi connectivity index (χ1n) is 23.0. The van der Waals surface area contributed by atoms with Crippen molar-refractivity contribution in [3.63, 3.8) is 0 Å². The highest BCUT2D eigenvalue weighted by atomic mass is 16.5. The number of esters is 1. The predicted molar refractivity (Wildman–Crippen MR) is 236 cm³/mol. The van der Waals surface area contributed by atoms with Gasteiger partial charge in [-0.1, -0.05) is 159 Å². The summed E-state index contributed by atoms with van der Waals surface area (Å²) in [7, 11) is 0. The van der Waals surface area contributed by atoms with Crippen LogP contribution in [-0.2, 0) is 23.9 Å². The maximum Gasteiger partial charge on any atom is 0.328 e. The van der Waals surface area contributed by atoms with E-state index in [-0.39, 0.29) is 30.9 Å². The van der Waals surface area contributed by atoms with Gasteiger partial charge in [0, 0.05) is 12.8 Å². The van der Waals surface area contributed by atoms with E-state index >= 15 is 0 Å². The van der Waals surface area contributed by atoms with Gasteiger partial charge in [0.1, 0.15) is 12.1 Å². The molecule has 0 radical (unpaired) electrons. The maximum atomic E-state index is 12.7. The largest absolute Gasteiger partial charge is 0.480 e. The second-order valence-corrected chi connectivity index (χ2v) is 15.5. The van der Waals surface area contributed by atoms with Crippen LogP contribution in [0.25, 0.3) is 0 Å². The van der Waals surface area contributed by atoms with E-state index in [1.807, 2.05) is 0 Å². The zero-order valence-corrected chi connectivity index (χ0v) is 36.3. The maximum absolute atomic E-state index is 12.7. The van der Waals surface area contributed by atoms with Crippen molar-refractivity contribution in [3.05, 3.63) is 48.6 Å². The number of aliphatic hydroxyl groups is 1. The van der Waals surface area contributed by atoms with Crippen molar-refractivity contribution in [2.45, 2.75) is 219 Å². The lowest BCUT2D eigenvalue weighted by Crippen LogP contribution is -2.47. The third-order valence-electron chi connectivity index (χ3n) is 10.0. The highest BCUT2D eigenvalue weighted by Crippen LogP contribution is 2.16. The van der Waals surface area contributed by atoms with Crippen LogP contribution in [0.15, 0.2) is 48.6 Å². The number of ether oxygens (including phenoxy) is 1. The Labute approximate surface area is 348 Å². The molecule has 4 N–H and O–H groups in total. The number of carboxylic acids is 1. The van der Waals surface area contributed by atoms with Gasteiger partial charge in [-0.15, -0.1) is 0 Å². The SMILES string of the molecule is CCCCCCC/C=C\C/C=C\C/C=C\CCCCCCCCCCC(=O)OC(/C=C\CCCCCCC)CCCCCCC(=O)NCC(=O)NC(CO)C(=O)O. The van der Waals surface area contributed by atoms with Gasteiger partial charge in [-0.25, -0.2) is 4.79 Å². The highest BCUT2D eigenvalue weighted by molar-refractivity contribution is 5.87. The van der Waals surface area contributed by atoms with Crippen LogP contribution in [0, 0.1) is 0 Å². The molecule has 2 unspecified atom stereocenters. The normalized spacial score (nSPS) is 12.9. The van der Waals surface area contributed by atoms with Crippen LogP contribution in [0.5, 0.6) is 0 Å². The molecule has 0 aliphatic heterocycles. The highest BCUT2D eigenvalue weighted by Gasteiger charge is 2.18. The lowest BCUT2D eigenvalue weighted by molar-refractivity contribution is -0.147. The predicted octanol–water partition coefficient (Wildman–Crippen LogP) is 11.5. The quantitative estimate of drug-likeness (QED) is 0.0274. The van der Waals surface area contributed by atoms with E-state index < -0.39 is 24.5 Å². The van der Waals surface area contributed by atoms with E-state index in [9.17, 15) is 19.2 Å². The van der Waals surface area contributed by atoms with E-state index in [1.54, 1.807) is 0 Å². The summed E-state index contributed by atoms with van der Waals surface area (Å²) in [6.45, 7) is 3.42. The number of carbonyl (C=O) groups is 4. The van der Waals surface area contributed by atoms with Gasteiger partial charge in [-0.05, 0) is 83.1 Å². The molecule has 9 heteroatoms. The van der Waals surface area contributed by atoms with Crippen molar-refractivity contribution in [1.29, 1.82) is 0 Å². The van der Waals surface area contributed by atoms with Crippen molar-refractivity contribution in [2.75, 3.05) is 13.2 Å². The molecule has 0 saturated carbocycles. The second-order valence-electron chi connectivity index (χ2n) is 15.5.